The number of nitrogens with zero attached hydrogens (tertiary/aromatic N) is 1. The Balaban J connectivity index is 2.81. The van der Waals surface area contributed by atoms with E-state index in [9.17, 15) is 17.8 Å². The van der Waals surface area contributed by atoms with E-state index in [1.165, 1.54) is 0 Å². The van der Waals surface area contributed by atoms with Gasteiger partial charge in [0, 0.05) is 23.4 Å². The van der Waals surface area contributed by atoms with Crippen molar-refractivity contribution in [2.75, 3.05) is 31.7 Å². The minimum Gasteiger partial charge on any atom is -0.748 e. The molecule has 1 rings (SSSR count). The molecule has 0 aliphatic rings. The summed E-state index contributed by atoms with van der Waals surface area (Å²) in [6.07, 6.45) is 0. The number of carbonyl (C=O) groups excluding carboxylic acids is 1. The van der Waals surface area contributed by atoms with Gasteiger partial charge in [-0.25, -0.2) is 8.42 Å². The molecule has 0 bridgehead atoms. The summed E-state index contributed by atoms with van der Waals surface area (Å²) in [4.78, 5) is 11.5. The maximum atomic E-state index is 11.5. The van der Waals surface area contributed by atoms with Crippen molar-refractivity contribution in [3.63, 3.8) is 0 Å². The van der Waals surface area contributed by atoms with Crippen LogP contribution in [0.15, 0.2) is 36.4 Å². The van der Waals surface area contributed by atoms with Crippen molar-refractivity contribution in [1.29, 1.82) is 0 Å². The topological polar surface area (TPSA) is 86.3 Å². The van der Waals surface area contributed by atoms with Gasteiger partial charge in [0.05, 0.1) is 26.4 Å². The zero-order valence-electron chi connectivity index (χ0n) is 12.4. The molecule has 0 unspecified atom stereocenters. The first-order chi connectivity index (χ1) is 9.51. The van der Waals surface area contributed by atoms with Crippen LogP contribution < -0.4 is 9.80 Å². The van der Waals surface area contributed by atoms with Crippen molar-refractivity contribution >= 4 is 27.4 Å². The summed E-state index contributed by atoms with van der Waals surface area (Å²) in [5.41, 5.74) is 1.88. The van der Waals surface area contributed by atoms with E-state index in [-0.39, 0.29) is 16.9 Å². The number of rotatable bonds is 6. The van der Waals surface area contributed by atoms with Crippen LogP contribution in [0.25, 0.3) is 0 Å². The highest BCUT2D eigenvalue weighted by atomic mass is 32.2. The van der Waals surface area contributed by atoms with Gasteiger partial charge in [0.1, 0.15) is 15.8 Å². The molecule has 21 heavy (non-hydrogen) atoms. The molecule has 0 saturated carbocycles. The molecule has 1 N–H and O–H groups in total. The Morgan fingerprint density at radius 1 is 1.29 bits per heavy atom. The predicted octanol–water partition coefficient (Wildman–Crippen LogP) is 1.31. The van der Waals surface area contributed by atoms with Gasteiger partial charge < -0.3 is 9.87 Å². The van der Waals surface area contributed by atoms with Crippen LogP contribution in [0.2, 0.25) is 0 Å². The van der Waals surface area contributed by atoms with Gasteiger partial charge in [-0.15, -0.1) is 0 Å². The number of carbonyl (C=O) groups is 1. The smallest absolute Gasteiger partial charge is 0.250 e. The van der Waals surface area contributed by atoms with Crippen molar-refractivity contribution < 1.29 is 17.8 Å². The number of nitrogens with one attached hydrogen (secondary N) is 1. The van der Waals surface area contributed by atoms with E-state index in [1.54, 1.807) is 31.2 Å². The van der Waals surface area contributed by atoms with Crippen LogP contribution in [0, 0.1) is 0 Å². The summed E-state index contributed by atoms with van der Waals surface area (Å²) < 4.78 is 32.4. The number of hydrogen-bond acceptors (Lipinski definition) is 4. The minimum atomic E-state index is -4.23. The maximum Gasteiger partial charge on any atom is 0.250 e. The second kappa shape index (κ2) is 6.38. The van der Waals surface area contributed by atoms with E-state index in [1.807, 2.05) is 14.1 Å². The number of hydrogen-bond donors (Lipinski definition) is 1. The molecule has 0 aromatic heterocycles. The molecule has 0 atom stereocenters. The van der Waals surface area contributed by atoms with Crippen LogP contribution in [-0.2, 0) is 14.9 Å². The van der Waals surface area contributed by atoms with E-state index < -0.39 is 15.9 Å². The third-order valence-corrected chi connectivity index (χ3v) is 3.79. The van der Waals surface area contributed by atoms with E-state index in [0.29, 0.717) is 11.3 Å². The zero-order chi connectivity index (χ0) is 16.3. The Kier molecular flexibility index (Phi) is 5.27. The van der Waals surface area contributed by atoms with Crippen molar-refractivity contribution in [2.45, 2.75) is 6.92 Å². The lowest BCUT2D eigenvalue weighted by molar-refractivity contribution is -0.112. The van der Waals surface area contributed by atoms with Crippen LogP contribution in [0.4, 0.5) is 11.4 Å². The Labute approximate surface area is 125 Å². The van der Waals surface area contributed by atoms with Gasteiger partial charge >= 0.3 is 0 Å². The molecule has 7 heteroatoms. The molecule has 6 nitrogen and oxygen atoms in total. The molecule has 0 fully saturated rings. The van der Waals surface area contributed by atoms with Gasteiger partial charge in [-0.1, -0.05) is 6.58 Å². The quantitative estimate of drug-likeness (QED) is 0.487. The summed E-state index contributed by atoms with van der Waals surface area (Å²) in [5, 5.41) is 2.68. The van der Waals surface area contributed by atoms with Gasteiger partial charge in [0.2, 0.25) is 0 Å². The Bertz CT molecular complexity index is 633. The number of quaternary nitrogens is 1. The third-order valence-electron chi connectivity index (χ3n) is 3.11. The largest absolute Gasteiger partial charge is 0.748 e. The van der Waals surface area contributed by atoms with E-state index in [0.717, 1.165) is 5.69 Å². The lowest BCUT2D eigenvalue weighted by Crippen LogP contribution is -2.44. The van der Waals surface area contributed by atoms with Crippen LogP contribution in [0.1, 0.15) is 6.92 Å². The molecule has 1 aromatic carbocycles. The summed E-state index contributed by atoms with van der Waals surface area (Å²) >= 11 is 0. The standard InChI is InChI=1S/C14H20N2O4S/c1-11(2)14(17)15-12-5-7-13(8-6-12)16(3,4)9-10-21(18,19)20/h5-8H,1,9-10H2,2-4H3,(H-,15,17,18,19,20). The second-order valence-corrected chi connectivity index (χ2v) is 6.98. The van der Waals surface area contributed by atoms with Crippen molar-refractivity contribution in [1.82, 2.24) is 4.48 Å². The van der Waals surface area contributed by atoms with Gasteiger partial charge in [-0.05, 0) is 19.1 Å². The fourth-order valence-electron chi connectivity index (χ4n) is 1.66. The minimum absolute atomic E-state index is 0.184. The maximum absolute atomic E-state index is 11.5. The molecule has 116 valence electrons. The highest BCUT2D eigenvalue weighted by Gasteiger charge is 2.20. The summed E-state index contributed by atoms with van der Waals surface area (Å²) in [6.45, 7) is 5.36. The molecule has 0 saturated heterocycles. The monoisotopic (exact) mass is 312 g/mol. The highest BCUT2D eigenvalue weighted by Crippen LogP contribution is 2.21. The lowest BCUT2D eigenvalue weighted by Gasteiger charge is -2.29. The fourth-order valence-corrected chi connectivity index (χ4v) is 2.34. The zero-order valence-corrected chi connectivity index (χ0v) is 13.2. The normalized spacial score (nSPS) is 12.0. The van der Waals surface area contributed by atoms with Crippen LogP contribution in [-0.4, -0.2) is 45.3 Å². The first kappa shape index (κ1) is 17.4. The SMILES string of the molecule is C=C(C)C(=O)Nc1ccc([N+](C)(C)CCS(=O)(=O)[O-])cc1. The molecule has 0 heterocycles. The van der Waals surface area contributed by atoms with Crippen LogP contribution in [0.3, 0.4) is 0 Å². The van der Waals surface area contributed by atoms with Crippen LogP contribution >= 0.6 is 0 Å². The Morgan fingerprint density at radius 3 is 2.24 bits per heavy atom. The van der Waals surface area contributed by atoms with E-state index in [2.05, 4.69) is 11.9 Å². The van der Waals surface area contributed by atoms with E-state index in [4.69, 9.17) is 0 Å². The van der Waals surface area contributed by atoms with Gasteiger partial charge in [0.15, 0.2) is 0 Å². The first-order valence-electron chi connectivity index (χ1n) is 6.35. The Morgan fingerprint density at radius 2 is 1.81 bits per heavy atom. The summed E-state index contributed by atoms with van der Waals surface area (Å²) in [7, 11) is -0.607. The highest BCUT2D eigenvalue weighted by molar-refractivity contribution is 7.85. The number of anilines is 1. The van der Waals surface area contributed by atoms with Crippen molar-refractivity contribution in [3.8, 4) is 0 Å². The molecular formula is C14H20N2O4S. The number of amides is 1. The molecular weight excluding hydrogens is 292 g/mol. The molecule has 1 amide bonds. The van der Waals surface area contributed by atoms with Gasteiger partial charge in [-0.2, -0.15) is 0 Å². The average Bonchev–Trinajstić information content (AvgIpc) is 2.36. The van der Waals surface area contributed by atoms with Crippen molar-refractivity contribution in [3.05, 3.63) is 36.4 Å². The van der Waals surface area contributed by atoms with Gasteiger partial charge in [0.25, 0.3) is 5.91 Å². The molecule has 0 aliphatic heterocycles. The number of benzene rings is 1. The second-order valence-electron chi connectivity index (χ2n) is 5.45. The summed E-state index contributed by atoms with van der Waals surface area (Å²) in [6, 6.07) is 7.01. The molecule has 0 spiro atoms. The molecule has 0 aliphatic carbocycles. The molecule has 0 radical (unpaired) electrons. The van der Waals surface area contributed by atoms with E-state index >= 15 is 0 Å². The fraction of sp³-hybridized carbons (Fsp3) is 0.357. The van der Waals surface area contributed by atoms with Crippen molar-refractivity contribution in [2.24, 2.45) is 0 Å². The van der Waals surface area contributed by atoms with Gasteiger partial charge in [-0.3, -0.25) is 9.28 Å². The first-order valence-corrected chi connectivity index (χ1v) is 7.93. The molecule has 1 aromatic rings. The lowest BCUT2D eigenvalue weighted by atomic mass is 10.2. The Hall–Kier alpha value is -1.70. The van der Waals surface area contributed by atoms with Crippen LogP contribution in [0.5, 0.6) is 0 Å². The summed E-state index contributed by atoms with van der Waals surface area (Å²) in [5.74, 6) is -0.678. The third kappa shape index (κ3) is 5.66. The predicted molar refractivity (Wildman–Crippen MR) is 83.0 cm³/mol. The average molecular weight is 312 g/mol.